The molecule has 0 spiro atoms. The first-order valence-electron chi connectivity index (χ1n) is 6.90. The summed E-state index contributed by atoms with van der Waals surface area (Å²) in [5, 5.41) is 11.9. The molecule has 1 aromatic carbocycles. The first-order chi connectivity index (χ1) is 9.11. The summed E-state index contributed by atoms with van der Waals surface area (Å²) in [7, 11) is 0. The zero-order valence-corrected chi connectivity index (χ0v) is 11.6. The normalized spacial score (nSPS) is 14.5. The minimum absolute atomic E-state index is 0.0101. The van der Waals surface area contributed by atoms with Gasteiger partial charge in [0.1, 0.15) is 0 Å². The lowest BCUT2D eigenvalue weighted by Crippen LogP contribution is -2.38. The molecular formula is C15H22N2O2. The molecule has 1 saturated carbocycles. The Labute approximate surface area is 114 Å². The number of aliphatic hydroxyl groups excluding tert-OH is 1. The van der Waals surface area contributed by atoms with Crippen LogP contribution in [0.1, 0.15) is 38.2 Å². The summed E-state index contributed by atoms with van der Waals surface area (Å²) in [6.45, 7) is 4.70. The molecular weight excluding hydrogens is 240 g/mol. The number of urea groups is 1. The van der Waals surface area contributed by atoms with Crippen molar-refractivity contribution in [2.45, 2.75) is 38.6 Å². The lowest BCUT2D eigenvalue weighted by molar-refractivity contribution is 0.185. The molecule has 0 saturated heterocycles. The van der Waals surface area contributed by atoms with Gasteiger partial charge >= 0.3 is 6.03 Å². The quantitative estimate of drug-likeness (QED) is 0.857. The van der Waals surface area contributed by atoms with Crippen molar-refractivity contribution in [3.05, 3.63) is 29.8 Å². The summed E-state index contributed by atoms with van der Waals surface area (Å²) < 4.78 is 0. The predicted octanol–water partition coefficient (Wildman–Crippen LogP) is 2.80. The number of carbonyl (C=O) groups excluding carboxylic acids is 1. The summed E-state index contributed by atoms with van der Waals surface area (Å²) in [6.07, 6.45) is 2.08. The molecule has 19 heavy (non-hydrogen) atoms. The van der Waals surface area contributed by atoms with Crippen LogP contribution in [0.4, 0.5) is 10.5 Å². The molecule has 4 nitrogen and oxygen atoms in total. The zero-order valence-electron chi connectivity index (χ0n) is 11.6. The van der Waals surface area contributed by atoms with Gasteiger partial charge in [0.05, 0.1) is 6.61 Å². The molecule has 0 unspecified atom stereocenters. The number of anilines is 1. The van der Waals surface area contributed by atoms with E-state index in [1.54, 1.807) is 4.90 Å². The summed E-state index contributed by atoms with van der Waals surface area (Å²) in [5.74, 6) is 0.488. The number of nitrogens with one attached hydrogen (secondary N) is 1. The topological polar surface area (TPSA) is 52.6 Å². The number of amides is 2. The number of carbonyl (C=O) groups is 1. The van der Waals surface area contributed by atoms with Gasteiger partial charge in [-0.15, -0.1) is 0 Å². The maximum Gasteiger partial charge on any atom is 0.322 e. The first-order valence-corrected chi connectivity index (χ1v) is 6.90. The Hall–Kier alpha value is -1.55. The smallest absolute Gasteiger partial charge is 0.322 e. The highest BCUT2D eigenvalue weighted by molar-refractivity contribution is 5.89. The van der Waals surface area contributed by atoms with Crippen LogP contribution in [-0.4, -0.2) is 35.2 Å². The lowest BCUT2D eigenvalue weighted by atomic mass is 10.0. The minimum atomic E-state index is -0.117. The molecule has 0 aromatic heterocycles. The second-order valence-corrected chi connectivity index (χ2v) is 5.36. The van der Waals surface area contributed by atoms with E-state index in [0.717, 1.165) is 18.5 Å². The minimum Gasteiger partial charge on any atom is -0.395 e. The van der Waals surface area contributed by atoms with Crippen LogP contribution in [0.2, 0.25) is 0 Å². The molecule has 1 aliphatic carbocycles. The van der Waals surface area contributed by atoms with E-state index < -0.39 is 0 Å². The van der Waals surface area contributed by atoms with Crippen LogP contribution in [0.5, 0.6) is 0 Å². The highest BCUT2D eigenvalue weighted by Gasteiger charge is 2.32. The highest BCUT2D eigenvalue weighted by atomic mass is 16.3. The van der Waals surface area contributed by atoms with E-state index >= 15 is 0 Å². The van der Waals surface area contributed by atoms with Gasteiger partial charge in [0, 0.05) is 18.3 Å². The second-order valence-electron chi connectivity index (χ2n) is 5.36. The number of nitrogens with zero attached hydrogens (tertiary/aromatic N) is 1. The number of benzene rings is 1. The van der Waals surface area contributed by atoms with Crippen molar-refractivity contribution >= 4 is 11.7 Å². The molecule has 1 aromatic rings. The standard InChI is InChI=1S/C15H22N2O2/c1-11(2)12-3-5-13(6-4-12)16-15(19)17(9-10-18)14-7-8-14/h3-6,11,14,18H,7-10H2,1-2H3,(H,16,19). The van der Waals surface area contributed by atoms with Gasteiger partial charge in [-0.1, -0.05) is 26.0 Å². The van der Waals surface area contributed by atoms with Crippen LogP contribution < -0.4 is 5.32 Å². The Morgan fingerprint density at radius 2 is 2.00 bits per heavy atom. The summed E-state index contributed by atoms with van der Waals surface area (Å²) in [6, 6.07) is 8.12. The van der Waals surface area contributed by atoms with Crippen molar-refractivity contribution in [1.82, 2.24) is 4.90 Å². The van der Waals surface area contributed by atoms with E-state index in [0.29, 0.717) is 18.5 Å². The third kappa shape index (κ3) is 3.70. The molecule has 1 fully saturated rings. The molecule has 0 heterocycles. The number of aliphatic hydroxyl groups is 1. The van der Waals surface area contributed by atoms with Crippen molar-refractivity contribution in [3.8, 4) is 0 Å². The molecule has 0 atom stereocenters. The fraction of sp³-hybridized carbons (Fsp3) is 0.533. The van der Waals surface area contributed by atoms with Gasteiger partial charge in [-0.2, -0.15) is 0 Å². The van der Waals surface area contributed by atoms with Crippen LogP contribution in [0.3, 0.4) is 0 Å². The Balaban J connectivity index is 1.97. The fourth-order valence-electron chi connectivity index (χ4n) is 2.09. The third-order valence-corrected chi connectivity index (χ3v) is 3.42. The largest absolute Gasteiger partial charge is 0.395 e. The Bertz CT molecular complexity index is 424. The molecule has 2 rings (SSSR count). The monoisotopic (exact) mass is 262 g/mol. The van der Waals surface area contributed by atoms with Gasteiger partial charge in [0.25, 0.3) is 0 Å². The summed E-state index contributed by atoms with van der Waals surface area (Å²) >= 11 is 0. The van der Waals surface area contributed by atoms with Crippen LogP contribution in [0, 0.1) is 0 Å². The molecule has 2 N–H and O–H groups in total. The van der Waals surface area contributed by atoms with Crippen LogP contribution in [0.25, 0.3) is 0 Å². The van der Waals surface area contributed by atoms with E-state index in [1.807, 2.05) is 24.3 Å². The average molecular weight is 262 g/mol. The van der Waals surface area contributed by atoms with Gasteiger partial charge in [0.2, 0.25) is 0 Å². The van der Waals surface area contributed by atoms with Crippen molar-refractivity contribution in [1.29, 1.82) is 0 Å². The lowest BCUT2D eigenvalue weighted by Gasteiger charge is -2.21. The van der Waals surface area contributed by atoms with E-state index in [1.165, 1.54) is 5.56 Å². The van der Waals surface area contributed by atoms with Crippen molar-refractivity contribution < 1.29 is 9.90 Å². The highest BCUT2D eigenvalue weighted by Crippen LogP contribution is 2.27. The number of rotatable bonds is 5. The Morgan fingerprint density at radius 1 is 1.37 bits per heavy atom. The van der Waals surface area contributed by atoms with E-state index in [9.17, 15) is 4.79 Å². The second kappa shape index (κ2) is 6.06. The summed E-state index contributed by atoms with van der Waals surface area (Å²) in [4.78, 5) is 13.8. The molecule has 0 bridgehead atoms. The molecule has 104 valence electrons. The Kier molecular flexibility index (Phi) is 4.43. The molecule has 4 heteroatoms. The zero-order chi connectivity index (χ0) is 13.8. The fourth-order valence-corrected chi connectivity index (χ4v) is 2.09. The van der Waals surface area contributed by atoms with Crippen molar-refractivity contribution in [2.24, 2.45) is 0 Å². The van der Waals surface area contributed by atoms with Gasteiger partial charge in [-0.3, -0.25) is 0 Å². The average Bonchev–Trinajstić information content (AvgIpc) is 3.20. The van der Waals surface area contributed by atoms with Gasteiger partial charge in [-0.25, -0.2) is 4.79 Å². The van der Waals surface area contributed by atoms with Gasteiger partial charge in [0.15, 0.2) is 0 Å². The number of hydrogen-bond donors (Lipinski definition) is 2. The van der Waals surface area contributed by atoms with E-state index in [4.69, 9.17) is 5.11 Å². The molecule has 1 aliphatic rings. The maximum atomic E-state index is 12.1. The van der Waals surface area contributed by atoms with Gasteiger partial charge in [-0.05, 0) is 36.5 Å². The van der Waals surface area contributed by atoms with Gasteiger partial charge < -0.3 is 15.3 Å². The van der Waals surface area contributed by atoms with Crippen LogP contribution in [0.15, 0.2) is 24.3 Å². The van der Waals surface area contributed by atoms with Crippen LogP contribution in [-0.2, 0) is 0 Å². The molecule has 0 radical (unpaired) electrons. The van der Waals surface area contributed by atoms with E-state index in [2.05, 4.69) is 19.2 Å². The van der Waals surface area contributed by atoms with Crippen molar-refractivity contribution in [3.63, 3.8) is 0 Å². The molecule has 0 aliphatic heterocycles. The first kappa shape index (κ1) is 13.9. The summed E-state index contributed by atoms with van der Waals surface area (Å²) in [5.41, 5.74) is 2.06. The van der Waals surface area contributed by atoms with Crippen LogP contribution >= 0.6 is 0 Å². The maximum absolute atomic E-state index is 12.1. The SMILES string of the molecule is CC(C)c1ccc(NC(=O)N(CCO)C2CC2)cc1. The van der Waals surface area contributed by atoms with E-state index in [-0.39, 0.29) is 12.6 Å². The third-order valence-electron chi connectivity index (χ3n) is 3.42. The molecule has 2 amide bonds. The predicted molar refractivity (Wildman–Crippen MR) is 76.4 cm³/mol. The number of hydrogen-bond acceptors (Lipinski definition) is 2. The Morgan fingerprint density at radius 3 is 2.47 bits per heavy atom. The van der Waals surface area contributed by atoms with Crippen molar-refractivity contribution in [2.75, 3.05) is 18.5 Å².